The van der Waals surface area contributed by atoms with Crippen molar-refractivity contribution in [2.45, 2.75) is 43.0 Å². The molecule has 6 nitrogen and oxygen atoms in total. The molecule has 1 N–H and O–H groups in total. The lowest BCUT2D eigenvalue weighted by Gasteiger charge is -2.41. The molecular weight excluding hydrogens is 499 g/mol. The summed E-state index contributed by atoms with van der Waals surface area (Å²) in [5.41, 5.74) is -0.461. The van der Waals surface area contributed by atoms with E-state index in [1.54, 1.807) is 0 Å². The van der Waals surface area contributed by atoms with E-state index < -0.39 is 37.0 Å². The number of phosphoric acid groups is 1. The van der Waals surface area contributed by atoms with E-state index >= 15 is 0 Å². The van der Waals surface area contributed by atoms with Crippen LogP contribution in [0.4, 0.5) is 0 Å². The minimum absolute atomic E-state index is 0.650. The SMILES string of the molecule is CC1(C)O[C@@H]2[C@@H](O1)C(c1ccccc1)(c1ccccc1)OP(=O)(O)OC2(c1ccccc1)c1ccccc1. The monoisotopic (exact) mass is 528 g/mol. The molecule has 2 saturated heterocycles. The molecule has 0 radical (unpaired) electrons. The summed E-state index contributed by atoms with van der Waals surface area (Å²) >= 11 is 0. The summed E-state index contributed by atoms with van der Waals surface area (Å²) in [5.74, 6) is -1.05. The zero-order valence-corrected chi connectivity index (χ0v) is 22.0. The molecule has 6 rings (SSSR count). The first kappa shape index (κ1) is 25.2. The lowest BCUT2D eigenvalue weighted by Crippen LogP contribution is -2.53. The van der Waals surface area contributed by atoms with Gasteiger partial charge in [-0.25, -0.2) is 4.57 Å². The van der Waals surface area contributed by atoms with E-state index in [1.165, 1.54) is 0 Å². The summed E-state index contributed by atoms with van der Waals surface area (Å²) in [6.07, 6.45) is -1.77. The standard InChI is InChI=1S/C31H29O6P/c1-29(2)34-27-28(35-29)31(25-19-11-5-12-20-25,26-21-13-6-14-22-26)37-38(32,33)36-30(27,23-15-7-3-8-16-23)24-17-9-4-10-18-24/h3-22,27-28H,1-2H3,(H,32,33)/t27-,28-/m1/s1. The highest BCUT2D eigenvalue weighted by atomic mass is 31.2. The van der Waals surface area contributed by atoms with Crippen molar-refractivity contribution in [2.75, 3.05) is 0 Å². The fourth-order valence-corrected chi connectivity index (χ4v) is 7.18. The van der Waals surface area contributed by atoms with Crippen molar-refractivity contribution in [3.05, 3.63) is 144 Å². The first-order chi connectivity index (χ1) is 18.3. The van der Waals surface area contributed by atoms with Gasteiger partial charge >= 0.3 is 7.82 Å². The number of rotatable bonds is 4. The third-order valence-corrected chi connectivity index (χ3v) is 8.26. The Labute approximate surface area is 222 Å². The third kappa shape index (κ3) is 4.05. The second kappa shape index (κ2) is 9.28. The second-order valence-corrected chi connectivity index (χ2v) is 11.4. The van der Waals surface area contributed by atoms with E-state index in [-0.39, 0.29) is 0 Å². The second-order valence-electron chi connectivity index (χ2n) is 10.1. The summed E-state index contributed by atoms with van der Waals surface area (Å²) in [5, 5.41) is 0. The van der Waals surface area contributed by atoms with Gasteiger partial charge in [-0.05, 0) is 36.1 Å². The molecule has 2 aliphatic heterocycles. The van der Waals surface area contributed by atoms with Gasteiger partial charge in [0.15, 0.2) is 17.0 Å². The average Bonchev–Trinajstić information content (AvgIpc) is 3.24. The maximum Gasteiger partial charge on any atom is 0.474 e. The van der Waals surface area contributed by atoms with E-state index in [2.05, 4.69) is 0 Å². The van der Waals surface area contributed by atoms with Crippen LogP contribution in [-0.2, 0) is 34.3 Å². The molecule has 2 aliphatic rings. The van der Waals surface area contributed by atoms with Crippen LogP contribution in [0.2, 0.25) is 0 Å². The van der Waals surface area contributed by atoms with E-state index in [0.29, 0.717) is 22.3 Å². The molecule has 0 aliphatic carbocycles. The topological polar surface area (TPSA) is 74.2 Å². The molecule has 0 aromatic heterocycles. The molecule has 0 bridgehead atoms. The molecule has 2 fully saturated rings. The molecule has 2 atom stereocenters. The van der Waals surface area contributed by atoms with Crippen LogP contribution in [0.3, 0.4) is 0 Å². The molecule has 7 heteroatoms. The predicted octanol–water partition coefficient (Wildman–Crippen LogP) is 6.54. The Hall–Kier alpha value is -3.09. The molecule has 38 heavy (non-hydrogen) atoms. The lowest BCUT2D eigenvalue weighted by atomic mass is 9.72. The summed E-state index contributed by atoms with van der Waals surface area (Å²) in [7, 11) is -4.79. The predicted molar refractivity (Wildman–Crippen MR) is 143 cm³/mol. The number of hydrogen-bond acceptors (Lipinski definition) is 5. The smallest absolute Gasteiger partial charge is 0.341 e. The Bertz CT molecular complexity index is 1260. The van der Waals surface area contributed by atoms with Crippen LogP contribution in [0, 0.1) is 0 Å². The third-order valence-electron chi connectivity index (χ3n) is 7.23. The lowest BCUT2D eigenvalue weighted by molar-refractivity contribution is -0.178. The van der Waals surface area contributed by atoms with Crippen molar-refractivity contribution < 1.29 is 28.0 Å². The van der Waals surface area contributed by atoms with E-state index in [4.69, 9.17) is 18.5 Å². The number of fused-ring (bicyclic) bond motifs is 1. The number of hydrogen-bond donors (Lipinski definition) is 1. The summed E-state index contributed by atoms with van der Waals surface area (Å²) in [6, 6.07) is 37.5. The molecule has 0 saturated carbocycles. The zero-order valence-electron chi connectivity index (χ0n) is 21.1. The van der Waals surface area contributed by atoms with E-state index in [1.807, 2.05) is 135 Å². The fourth-order valence-electron chi connectivity index (χ4n) is 5.79. The highest BCUT2D eigenvalue weighted by molar-refractivity contribution is 7.47. The fraction of sp³-hybridized carbons (Fsp3) is 0.226. The minimum Gasteiger partial charge on any atom is -0.341 e. The molecule has 194 valence electrons. The van der Waals surface area contributed by atoms with Gasteiger partial charge in [-0.2, -0.15) is 0 Å². The van der Waals surface area contributed by atoms with Crippen LogP contribution in [-0.4, -0.2) is 22.9 Å². The van der Waals surface area contributed by atoms with Crippen LogP contribution < -0.4 is 0 Å². The van der Waals surface area contributed by atoms with Crippen molar-refractivity contribution in [2.24, 2.45) is 0 Å². The van der Waals surface area contributed by atoms with Crippen LogP contribution in [0.1, 0.15) is 36.1 Å². The maximum absolute atomic E-state index is 14.2. The van der Waals surface area contributed by atoms with Crippen molar-refractivity contribution in [3.8, 4) is 0 Å². The Kier molecular flexibility index (Phi) is 6.15. The average molecular weight is 529 g/mol. The highest BCUT2D eigenvalue weighted by Crippen LogP contribution is 2.66. The Balaban J connectivity index is 1.72. The molecule has 2 heterocycles. The van der Waals surface area contributed by atoms with Gasteiger partial charge in [-0.1, -0.05) is 121 Å². The Morgan fingerprint density at radius 3 is 1.08 bits per heavy atom. The van der Waals surface area contributed by atoms with Crippen LogP contribution >= 0.6 is 7.82 Å². The van der Waals surface area contributed by atoms with Gasteiger partial charge in [-0.15, -0.1) is 0 Å². The first-order valence-electron chi connectivity index (χ1n) is 12.6. The Morgan fingerprint density at radius 2 is 0.816 bits per heavy atom. The molecule has 4 aromatic carbocycles. The normalized spacial score (nSPS) is 24.7. The van der Waals surface area contributed by atoms with Gasteiger partial charge in [0, 0.05) is 0 Å². The molecular formula is C31H29O6P. The van der Waals surface area contributed by atoms with Crippen molar-refractivity contribution in [1.29, 1.82) is 0 Å². The summed E-state index contributed by atoms with van der Waals surface area (Å²) < 4.78 is 40.2. The Morgan fingerprint density at radius 1 is 0.553 bits per heavy atom. The van der Waals surface area contributed by atoms with E-state index in [9.17, 15) is 9.46 Å². The molecule has 4 aromatic rings. The summed E-state index contributed by atoms with van der Waals surface area (Å²) in [6.45, 7) is 3.67. The number of ether oxygens (including phenoxy) is 2. The minimum atomic E-state index is -4.79. The van der Waals surface area contributed by atoms with Crippen molar-refractivity contribution in [3.63, 3.8) is 0 Å². The van der Waals surface area contributed by atoms with Gasteiger partial charge in [0.05, 0.1) is 0 Å². The first-order valence-corrected chi connectivity index (χ1v) is 14.1. The van der Waals surface area contributed by atoms with Crippen molar-refractivity contribution >= 4 is 7.82 Å². The van der Waals surface area contributed by atoms with Crippen molar-refractivity contribution in [1.82, 2.24) is 0 Å². The molecule has 0 amide bonds. The van der Waals surface area contributed by atoms with Crippen LogP contribution in [0.15, 0.2) is 121 Å². The van der Waals surface area contributed by atoms with Gasteiger partial charge < -0.3 is 14.4 Å². The quantitative estimate of drug-likeness (QED) is 0.303. The largest absolute Gasteiger partial charge is 0.474 e. The van der Waals surface area contributed by atoms with Crippen LogP contribution in [0.25, 0.3) is 0 Å². The van der Waals surface area contributed by atoms with Crippen LogP contribution in [0.5, 0.6) is 0 Å². The van der Waals surface area contributed by atoms with Gasteiger partial charge in [0.1, 0.15) is 12.2 Å². The molecule has 0 spiro atoms. The highest BCUT2D eigenvalue weighted by Gasteiger charge is 2.68. The van der Waals surface area contributed by atoms with E-state index in [0.717, 1.165) is 0 Å². The number of phosphoric ester groups is 1. The van der Waals surface area contributed by atoms with Gasteiger partial charge in [0.2, 0.25) is 0 Å². The maximum atomic E-state index is 14.2. The zero-order chi connectivity index (χ0) is 26.4. The van der Waals surface area contributed by atoms with Gasteiger partial charge in [-0.3, -0.25) is 9.05 Å². The molecule has 0 unspecified atom stereocenters. The van der Waals surface area contributed by atoms with Gasteiger partial charge in [0.25, 0.3) is 0 Å². The summed E-state index contributed by atoms with van der Waals surface area (Å²) in [4.78, 5) is 11.6. The number of benzene rings is 4.